The van der Waals surface area contributed by atoms with Crippen molar-refractivity contribution in [2.45, 2.75) is 43.7 Å². The molecule has 0 unspecified atom stereocenters. The highest BCUT2D eigenvalue weighted by Crippen LogP contribution is 2.56. The number of methoxy groups -OCH3 is 1. The summed E-state index contributed by atoms with van der Waals surface area (Å²) in [6.07, 6.45) is 0.776. The van der Waals surface area contributed by atoms with Crippen LogP contribution in [0.15, 0.2) is 64.7 Å². The molecule has 8 rings (SSSR count). The third kappa shape index (κ3) is 4.52. The molecule has 0 amide bonds. The molecular weight excluding hydrogens is 614 g/mol. The van der Waals surface area contributed by atoms with Gasteiger partial charge < -0.3 is 29.3 Å². The summed E-state index contributed by atoms with van der Waals surface area (Å²) < 4.78 is 17.0. The van der Waals surface area contributed by atoms with E-state index >= 15 is 0 Å². The molecule has 4 atom stereocenters. The third-order valence-electron chi connectivity index (χ3n) is 10.6. The van der Waals surface area contributed by atoms with Gasteiger partial charge in [0.15, 0.2) is 11.4 Å². The minimum absolute atomic E-state index is 0.0456. The van der Waals surface area contributed by atoms with Crippen LogP contribution in [0, 0.1) is 11.8 Å². The molecule has 3 N–H and O–H groups in total. The summed E-state index contributed by atoms with van der Waals surface area (Å²) in [4.78, 5) is 32.8. The van der Waals surface area contributed by atoms with E-state index in [0.29, 0.717) is 23.9 Å². The molecule has 3 aromatic carbocycles. The molecule has 2 fully saturated rings. The van der Waals surface area contributed by atoms with Crippen LogP contribution in [-0.4, -0.2) is 87.8 Å². The molecular formula is C37H37N3O8. The molecule has 4 aromatic rings. The minimum atomic E-state index is -2.51. The van der Waals surface area contributed by atoms with E-state index in [4.69, 9.17) is 14.0 Å². The van der Waals surface area contributed by atoms with E-state index in [-0.39, 0.29) is 53.2 Å². The predicted molar refractivity (Wildman–Crippen MR) is 175 cm³/mol. The van der Waals surface area contributed by atoms with Crippen LogP contribution in [0.2, 0.25) is 0 Å². The predicted octanol–water partition coefficient (Wildman–Crippen LogP) is 4.20. The van der Waals surface area contributed by atoms with Crippen LogP contribution in [-0.2, 0) is 29.1 Å². The first kappa shape index (κ1) is 30.8. The lowest BCUT2D eigenvalue weighted by molar-refractivity contribution is -0.142. The number of ketones is 2. The Balaban J connectivity index is 1.17. The van der Waals surface area contributed by atoms with E-state index in [2.05, 4.69) is 10.1 Å². The van der Waals surface area contributed by atoms with Crippen molar-refractivity contribution < 1.29 is 38.9 Å². The number of fused-ring (bicyclic) bond motifs is 5. The van der Waals surface area contributed by atoms with E-state index in [1.54, 1.807) is 26.1 Å². The van der Waals surface area contributed by atoms with Crippen LogP contribution in [0.5, 0.6) is 11.6 Å². The van der Waals surface area contributed by atoms with E-state index in [9.17, 15) is 24.9 Å². The normalized spacial score (nSPS) is 25.5. The van der Waals surface area contributed by atoms with Crippen molar-refractivity contribution in [3.05, 3.63) is 93.7 Å². The number of aromatic nitrogens is 1. The van der Waals surface area contributed by atoms with Gasteiger partial charge in [-0.25, -0.2) is 0 Å². The Labute approximate surface area is 277 Å². The number of aliphatic hydroxyl groups is 2. The molecule has 11 nitrogen and oxygen atoms in total. The number of hydrogen-bond donors (Lipinski definition) is 3. The molecule has 4 aliphatic rings. The molecule has 0 spiro atoms. The zero-order chi connectivity index (χ0) is 33.5. The van der Waals surface area contributed by atoms with Gasteiger partial charge in [0.2, 0.25) is 11.6 Å². The fourth-order valence-electron chi connectivity index (χ4n) is 8.22. The van der Waals surface area contributed by atoms with Gasteiger partial charge >= 0.3 is 0 Å². The maximum absolute atomic E-state index is 14.5. The molecule has 48 heavy (non-hydrogen) atoms. The van der Waals surface area contributed by atoms with Crippen molar-refractivity contribution in [2.75, 3.05) is 34.3 Å². The zero-order valence-electron chi connectivity index (χ0n) is 27.0. The molecule has 248 valence electrons. The Morgan fingerprint density at radius 3 is 2.52 bits per heavy atom. The number of likely N-dealkylation sites (tertiary alicyclic amines) is 1. The van der Waals surface area contributed by atoms with E-state index in [0.717, 1.165) is 29.6 Å². The third-order valence-corrected chi connectivity index (χ3v) is 10.6. The second-order valence-corrected chi connectivity index (χ2v) is 13.7. The van der Waals surface area contributed by atoms with E-state index in [1.807, 2.05) is 54.6 Å². The maximum atomic E-state index is 14.5. The number of phenols is 1. The standard InChI is InChI=1S/C37H37N3O8/c1-39(2)30-26-14-23-13-22-12-21-10-9-20(15-40-16-24(17-40)46-3)11-25(21)31(41)27(22)32(42)28(23)34(43)37(26,45)35(44)29-33(30)48-38-36(29)47-18-19-7-5-4-6-8-19/h4-12,23-24,26,30,41-42,45H,13-18H2,1-3H3/t23-,26-,30-,37-/m0/s1. The monoisotopic (exact) mass is 651 g/mol. The average molecular weight is 652 g/mol. The number of hydrogen-bond acceptors (Lipinski definition) is 11. The first-order valence-corrected chi connectivity index (χ1v) is 16.2. The zero-order valence-corrected chi connectivity index (χ0v) is 27.0. The summed E-state index contributed by atoms with van der Waals surface area (Å²) >= 11 is 0. The number of ether oxygens (including phenoxy) is 2. The van der Waals surface area contributed by atoms with Crippen molar-refractivity contribution in [3.8, 4) is 11.6 Å². The van der Waals surface area contributed by atoms with Crippen LogP contribution in [0.25, 0.3) is 16.5 Å². The Bertz CT molecular complexity index is 2000. The number of rotatable bonds is 7. The van der Waals surface area contributed by atoms with Crippen LogP contribution >= 0.6 is 0 Å². The highest BCUT2D eigenvalue weighted by atomic mass is 16.5. The van der Waals surface area contributed by atoms with Crippen molar-refractivity contribution >= 4 is 28.1 Å². The number of Topliss-reactive ketones (excluding diaryl/α,β-unsaturated/α-hetero) is 2. The first-order chi connectivity index (χ1) is 23.1. The Morgan fingerprint density at radius 2 is 1.79 bits per heavy atom. The molecule has 1 saturated carbocycles. The number of aliphatic hydroxyl groups excluding tert-OH is 1. The van der Waals surface area contributed by atoms with Crippen LogP contribution in [0.4, 0.5) is 0 Å². The van der Waals surface area contributed by atoms with Crippen molar-refractivity contribution in [2.24, 2.45) is 11.8 Å². The van der Waals surface area contributed by atoms with Gasteiger partial charge in [-0.05, 0) is 66.2 Å². The molecule has 0 bridgehead atoms. The van der Waals surface area contributed by atoms with Crippen molar-refractivity contribution in [1.82, 2.24) is 15.0 Å². The molecule has 1 saturated heterocycles. The summed E-state index contributed by atoms with van der Waals surface area (Å²) in [5.74, 6) is -3.52. The molecule has 3 aliphatic carbocycles. The van der Waals surface area contributed by atoms with Gasteiger partial charge in [0.25, 0.3) is 5.88 Å². The van der Waals surface area contributed by atoms with Gasteiger partial charge in [-0.2, -0.15) is 0 Å². The van der Waals surface area contributed by atoms with E-state index < -0.39 is 40.8 Å². The van der Waals surface area contributed by atoms with Gasteiger partial charge in [-0.1, -0.05) is 48.5 Å². The Kier molecular flexibility index (Phi) is 7.22. The summed E-state index contributed by atoms with van der Waals surface area (Å²) in [7, 11) is 5.28. The van der Waals surface area contributed by atoms with Crippen molar-refractivity contribution in [3.63, 3.8) is 0 Å². The summed E-state index contributed by atoms with van der Waals surface area (Å²) in [6.45, 7) is 2.44. The van der Waals surface area contributed by atoms with Crippen molar-refractivity contribution in [1.29, 1.82) is 0 Å². The minimum Gasteiger partial charge on any atom is -0.507 e. The molecule has 1 aromatic heterocycles. The largest absolute Gasteiger partial charge is 0.507 e. The van der Waals surface area contributed by atoms with E-state index in [1.165, 1.54) is 0 Å². The maximum Gasteiger partial charge on any atom is 0.265 e. The quantitative estimate of drug-likeness (QED) is 0.247. The van der Waals surface area contributed by atoms with Gasteiger partial charge in [-0.3, -0.25) is 19.4 Å². The van der Waals surface area contributed by atoms with Gasteiger partial charge in [0, 0.05) is 43.6 Å². The highest BCUT2D eigenvalue weighted by Gasteiger charge is 2.65. The lowest BCUT2D eigenvalue weighted by atomic mass is 9.57. The number of benzene rings is 3. The van der Waals surface area contributed by atoms with Crippen LogP contribution in [0.1, 0.15) is 50.8 Å². The second kappa shape index (κ2) is 11.3. The van der Waals surface area contributed by atoms with Crippen LogP contribution in [0.3, 0.4) is 0 Å². The molecule has 1 aliphatic heterocycles. The number of phenolic OH excluding ortho intramolecular Hbond substituents is 1. The smallest absolute Gasteiger partial charge is 0.265 e. The summed E-state index contributed by atoms with van der Waals surface area (Å²) in [5.41, 5.74) is 0.0645. The molecule has 0 radical (unpaired) electrons. The van der Waals surface area contributed by atoms with Gasteiger partial charge in [0.05, 0.1) is 17.7 Å². The van der Waals surface area contributed by atoms with Gasteiger partial charge in [0.1, 0.15) is 23.7 Å². The summed E-state index contributed by atoms with van der Waals surface area (Å²) in [5, 5.41) is 41.1. The van der Waals surface area contributed by atoms with Gasteiger partial charge in [-0.15, -0.1) is 0 Å². The Hall–Kier alpha value is -4.55. The number of carbonyl (C=O) groups is 2. The Morgan fingerprint density at radius 1 is 1.02 bits per heavy atom. The SMILES string of the molecule is COC1CN(Cc2ccc3cc4c(c(O)c3c2)C(O)=C2C(=O)[C@]3(O)C(=O)c5c(OCc6ccccc6)noc5[C@@H](N(C)C)[C@@H]3C[C@@H]2C4)C1. The number of carbonyl (C=O) groups excluding carboxylic acids is 2. The second-order valence-electron chi connectivity index (χ2n) is 13.7. The summed E-state index contributed by atoms with van der Waals surface area (Å²) in [6, 6.07) is 16.5. The number of nitrogens with zero attached hydrogens (tertiary/aromatic N) is 3. The van der Waals surface area contributed by atoms with Crippen LogP contribution < -0.4 is 4.74 Å². The first-order valence-electron chi connectivity index (χ1n) is 16.2. The average Bonchev–Trinajstić information content (AvgIpc) is 3.47. The fourth-order valence-corrected chi connectivity index (χ4v) is 8.22. The molecule has 2 heterocycles. The lowest BCUT2D eigenvalue weighted by Crippen LogP contribution is -2.63. The fraction of sp³-hybridized carbons (Fsp3) is 0.378. The topological polar surface area (TPSA) is 146 Å². The number of aromatic hydroxyl groups is 1. The highest BCUT2D eigenvalue weighted by molar-refractivity contribution is 6.26. The molecule has 11 heteroatoms. The lowest BCUT2D eigenvalue weighted by Gasteiger charge is -2.49.